The highest BCUT2D eigenvalue weighted by Crippen LogP contribution is 2.10. The predicted octanol–water partition coefficient (Wildman–Crippen LogP) is 4.25. The third kappa shape index (κ3) is 4.01. The van der Waals surface area contributed by atoms with Crippen LogP contribution >= 0.6 is 0 Å². The third-order valence-electron chi connectivity index (χ3n) is 2.62. The van der Waals surface area contributed by atoms with Crippen LogP contribution < -0.4 is 0 Å². The van der Waals surface area contributed by atoms with Gasteiger partial charge in [0.05, 0.1) is 0 Å². The molecule has 1 heteroatoms. The SMILES string of the molecule is CCCC/C=C/[C@@H](C)C(=O)c1ccccc1. The van der Waals surface area contributed by atoms with Crippen molar-refractivity contribution in [2.75, 3.05) is 0 Å². The van der Waals surface area contributed by atoms with Crippen LogP contribution in [0.3, 0.4) is 0 Å². The van der Waals surface area contributed by atoms with Gasteiger partial charge in [0.25, 0.3) is 0 Å². The maximum atomic E-state index is 12.0. The Bertz CT molecular complexity index is 338. The lowest BCUT2D eigenvalue weighted by Gasteiger charge is -2.04. The standard InChI is InChI=1S/C15H20O/c1-3-4-5-7-10-13(2)15(16)14-11-8-6-9-12-14/h6-13H,3-5H2,1-2H3/b10-7+/t13-/m1/s1. The Hall–Kier alpha value is -1.37. The number of hydrogen-bond donors (Lipinski definition) is 0. The summed E-state index contributed by atoms with van der Waals surface area (Å²) in [6, 6.07) is 9.48. The summed E-state index contributed by atoms with van der Waals surface area (Å²) in [7, 11) is 0. The lowest BCUT2D eigenvalue weighted by atomic mass is 9.98. The van der Waals surface area contributed by atoms with E-state index in [9.17, 15) is 4.79 Å². The molecule has 0 spiro atoms. The molecule has 0 unspecified atom stereocenters. The number of allylic oxidation sites excluding steroid dienone is 2. The molecule has 0 heterocycles. The minimum Gasteiger partial charge on any atom is -0.294 e. The summed E-state index contributed by atoms with van der Waals surface area (Å²) in [5, 5.41) is 0. The summed E-state index contributed by atoms with van der Waals surface area (Å²) >= 11 is 0. The smallest absolute Gasteiger partial charge is 0.169 e. The molecule has 0 aliphatic rings. The molecule has 0 bridgehead atoms. The van der Waals surface area contributed by atoms with E-state index >= 15 is 0 Å². The largest absolute Gasteiger partial charge is 0.294 e. The Morgan fingerprint density at radius 2 is 2.00 bits per heavy atom. The number of Topliss-reactive ketones (excluding diaryl/α,β-unsaturated/α-hetero) is 1. The molecule has 0 fully saturated rings. The van der Waals surface area contributed by atoms with Gasteiger partial charge in [0.15, 0.2) is 5.78 Å². The van der Waals surface area contributed by atoms with Gasteiger partial charge in [-0.25, -0.2) is 0 Å². The fraction of sp³-hybridized carbons (Fsp3) is 0.400. The van der Waals surface area contributed by atoms with Gasteiger partial charge in [-0.2, -0.15) is 0 Å². The van der Waals surface area contributed by atoms with Crippen molar-refractivity contribution in [1.82, 2.24) is 0 Å². The first-order valence-corrected chi connectivity index (χ1v) is 6.01. The fourth-order valence-corrected chi connectivity index (χ4v) is 1.58. The van der Waals surface area contributed by atoms with Crippen molar-refractivity contribution in [2.45, 2.75) is 33.1 Å². The van der Waals surface area contributed by atoms with Crippen molar-refractivity contribution in [2.24, 2.45) is 5.92 Å². The molecule has 1 aromatic carbocycles. The highest BCUT2D eigenvalue weighted by molar-refractivity contribution is 5.98. The van der Waals surface area contributed by atoms with Crippen molar-refractivity contribution < 1.29 is 4.79 Å². The maximum absolute atomic E-state index is 12.0. The Morgan fingerprint density at radius 3 is 2.62 bits per heavy atom. The summed E-state index contributed by atoms with van der Waals surface area (Å²) in [5.41, 5.74) is 0.801. The van der Waals surface area contributed by atoms with Gasteiger partial charge in [-0.3, -0.25) is 4.79 Å². The molecule has 1 aromatic rings. The number of unbranched alkanes of at least 4 members (excludes halogenated alkanes) is 2. The number of benzene rings is 1. The minimum atomic E-state index is -0.0146. The van der Waals surface area contributed by atoms with Crippen LogP contribution in [0.25, 0.3) is 0 Å². The zero-order valence-electron chi connectivity index (χ0n) is 10.1. The van der Waals surface area contributed by atoms with Gasteiger partial charge in [0.1, 0.15) is 0 Å². The molecule has 1 atom stereocenters. The topological polar surface area (TPSA) is 17.1 Å². The van der Waals surface area contributed by atoms with Crippen LogP contribution in [-0.2, 0) is 0 Å². The summed E-state index contributed by atoms with van der Waals surface area (Å²) in [6.07, 6.45) is 7.61. The van der Waals surface area contributed by atoms with E-state index in [-0.39, 0.29) is 11.7 Å². The zero-order valence-corrected chi connectivity index (χ0v) is 10.1. The average molecular weight is 216 g/mol. The van der Waals surface area contributed by atoms with Gasteiger partial charge in [-0.1, -0.05) is 69.2 Å². The number of hydrogen-bond acceptors (Lipinski definition) is 1. The molecule has 0 N–H and O–H groups in total. The van der Waals surface area contributed by atoms with E-state index in [1.165, 1.54) is 12.8 Å². The van der Waals surface area contributed by atoms with Crippen LogP contribution in [-0.4, -0.2) is 5.78 Å². The van der Waals surface area contributed by atoms with Crippen molar-refractivity contribution in [1.29, 1.82) is 0 Å². The van der Waals surface area contributed by atoms with Gasteiger partial charge in [-0.05, 0) is 6.42 Å². The quantitative estimate of drug-likeness (QED) is 0.394. The minimum absolute atomic E-state index is 0.0146. The first-order valence-electron chi connectivity index (χ1n) is 6.01. The van der Waals surface area contributed by atoms with Crippen LogP contribution in [0.1, 0.15) is 43.5 Å². The fourth-order valence-electron chi connectivity index (χ4n) is 1.58. The van der Waals surface area contributed by atoms with E-state index < -0.39 is 0 Å². The second-order valence-corrected chi connectivity index (χ2v) is 4.09. The van der Waals surface area contributed by atoms with Crippen LogP contribution in [0.5, 0.6) is 0 Å². The highest BCUT2D eigenvalue weighted by atomic mass is 16.1. The molecule has 16 heavy (non-hydrogen) atoms. The molecule has 1 nitrogen and oxygen atoms in total. The Balaban J connectivity index is 2.51. The van der Waals surface area contributed by atoms with Gasteiger partial charge in [-0.15, -0.1) is 0 Å². The number of carbonyl (C=O) groups is 1. The lowest BCUT2D eigenvalue weighted by molar-refractivity contribution is 0.0953. The van der Waals surface area contributed by atoms with Crippen LogP contribution in [0.4, 0.5) is 0 Å². The van der Waals surface area contributed by atoms with Crippen molar-refractivity contribution in [3.05, 3.63) is 48.0 Å². The van der Waals surface area contributed by atoms with Crippen molar-refractivity contribution in [3.63, 3.8) is 0 Å². The predicted molar refractivity (Wildman–Crippen MR) is 68.6 cm³/mol. The van der Waals surface area contributed by atoms with E-state index in [1.54, 1.807) is 0 Å². The second-order valence-electron chi connectivity index (χ2n) is 4.09. The molecule has 0 amide bonds. The Labute approximate surface area is 98.2 Å². The molecule has 86 valence electrons. The van der Waals surface area contributed by atoms with E-state index in [1.807, 2.05) is 43.3 Å². The third-order valence-corrected chi connectivity index (χ3v) is 2.62. The van der Waals surface area contributed by atoms with Crippen molar-refractivity contribution in [3.8, 4) is 0 Å². The number of ketones is 1. The van der Waals surface area contributed by atoms with E-state index in [4.69, 9.17) is 0 Å². The van der Waals surface area contributed by atoms with Gasteiger partial charge < -0.3 is 0 Å². The maximum Gasteiger partial charge on any atom is 0.169 e. The molecule has 0 aliphatic heterocycles. The molecule has 0 radical (unpaired) electrons. The second kappa shape index (κ2) is 7.00. The molecule has 0 saturated heterocycles. The Morgan fingerprint density at radius 1 is 1.31 bits per heavy atom. The molecule has 0 aromatic heterocycles. The van der Waals surface area contributed by atoms with Crippen LogP contribution in [0.2, 0.25) is 0 Å². The average Bonchev–Trinajstić information content (AvgIpc) is 2.34. The molecule has 0 aliphatic carbocycles. The molecule has 1 rings (SSSR count). The number of carbonyl (C=O) groups excluding carboxylic acids is 1. The molecular formula is C15H20O. The first-order chi connectivity index (χ1) is 7.75. The van der Waals surface area contributed by atoms with Gasteiger partial charge in [0.2, 0.25) is 0 Å². The van der Waals surface area contributed by atoms with Gasteiger partial charge in [0, 0.05) is 11.5 Å². The molecular weight excluding hydrogens is 196 g/mol. The Kier molecular flexibility index (Phi) is 5.55. The monoisotopic (exact) mass is 216 g/mol. The van der Waals surface area contributed by atoms with Gasteiger partial charge >= 0.3 is 0 Å². The summed E-state index contributed by atoms with van der Waals surface area (Å²) in [4.78, 5) is 12.0. The normalized spacial score (nSPS) is 12.9. The van der Waals surface area contributed by atoms with Crippen LogP contribution in [0, 0.1) is 5.92 Å². The zero-order chi connectivity index (χ0) is 11.8. The lowest BCUT2D eigenvalue weighted by Crippen LogP contribution is -2.08. The van der Waals surface area contributed by atoms with Crippen LogP contribution in [0.15, 0.2) is 42.5 Å². The summed E-state index contributed by atoms with van der Waals surface area (Å²) < 4.78 is 0. The summed E-state index contributed by atoms with van der Waals surface area (Å²) in [5.74, 6) is 0.188. The summed E-state index contributed by atoms with van der Waals surface area (Å²) in [6.45, 7) is 4.13. The first kappa shape index (κ1) is 12.7. The number of rotatable bonds is 6. The van der Waals surface area contributed by atoms with E-state index in [0.717, 1.165) is 12.0 Å². The van der Waals surface area contributed by atoms with Crippen molar-refractivity contribution >= 4 is 5.78 Å². The van der Waals surface area contributed by atoms with E-state index in [0.29, 0.717) is 0 Å². The van der Waals surface area contributed by atoms with E-state index in [2.05, 4.69) is 13.0 Å². The molecule has 0 saturated carbocycles. The highest BCUT2D eigenvalue weighted by Gasteiger charge is 2.10.